The Hall–Kier alpha value is -4.91. The standard InChI is InChI=1S/C31H27N5O2/c1-21-28(30(37)32-18-22-8-3-2-4-9-22)29(36-31(35-21)33-20-34-36)24-14-16-26(17-15-24)38-19-25-12-7-11-23-10-5-6-13-27(23)25/h2-17,20,29H,18-19H2,1H3,(H,32,37)(H,33,34,35). The minimum atomic E-state index is -0.420. The lowest BCUT2D eigenvalue weighted by Gasteiger charge is -2.28. The number of allylic oxidation sites excluding steroid dienone is 1. The highest BCUT2D eigenvalue weighted by atomic mass is 16.5. The van der Waals surface area contributed by atoms with E-state index in [0.717, 1.165) is 28.1 Å². The Morgan fingerprint density at radius 2 is 1.71 bits per heavy atom. The molecular formula is C31H27N5O2. The van der Waals surface area contributed by atoms with Gasteiger partial charge in [0.15, 0.2) is 0 Å². The number of amides is 1. The van der Waals surface area contributed by atoms with Crippen LogP contribution in [0.25, 0.3) is 10.8 Å². The summed E-state index contributed by atoms with van der Waals surface area (Å²) in [5.41, 5.74) is 4.43. The topological polar surface area (TPSA) is 81.1 Å². The highest BCUT2D eigenvalue weighted by Crippen LogP contribution is 2.35. The van der Waals surface area contributed by atoms with Crippen LogP contribution in [0.2, 0.25) is 0 Å². The maximum Gasteiger partial charge on any atom is 0.251 e. The van der Waals surface area contributed by atoms with Gasteiger partial charge in [0.1, 0.15) is 24.7 Å². The predicted octanol–water partition coefficient (Wildman–Crippen LogP) is 5.62. The van der Waals surface area contributed by atoms with E-state index in [1.807, 2.05) is 73.7 Å². The molecule has 0 saturated heterocycles. The van der Waals surface area contributed by atoms with Crippen molar-refractivity contribution < 1.29 is 9.53 Å². The number of hydrogen-bond donors (Lipinski definition) is 2. The first-order valence-electron chi connectivity index (χ1n) is 12.6. The quantitative estimate of drug-likeness (QED) is 0.303. The highest BCUT2D eigenvalue weighted by Gasteiger charge is 2.33. The number of benzene rings is 4. The molecule has 0 aliphatic carbocycles. The third-order valence-electron chi connectivity index (χ3n) is 6.81. The van der Waals surface area contributed by atoms with Crippen LogP contribution in [0, 0.1) is 0 Å². The van der Waals surface area contributed by atoms with Crippen LogP contribution in [-0.2, 0) is 17.9 Å². The van der Waals surface area contributed by atoms with E-state index in [-0.39, 0.29) is 5.91 Å². The fourth-order valence-electron chi connectivity index (χ4n) is 4.89. The van der Waals surface area contributed by atoms with E-state index in [9.17, 15) is 4.79 Å². The number of nitrogens with one attached hydrogen (secondary N) is 2. The van der Waals surface area contributed by atoms with Gasteiger partial charge in [0.2, 0.25) is 5.95 Å². The van der Waals surface area contributed by atoms with Gasteiger partial charge in [0, 0.05) is 12.2 Å². The van der Waals surface area contributed by atoms with Crippen LogP contribution in [0.4, 0.5) is 5.95 Å². The minimum Gasteiger partial charge on any atom is -0.489 e. The molecule has 1 unspecified atom stereocenters. The first-order chi connectivity index (χ1) is 18.7. The van der Waals surface area contributed by atoms with Gasteiger partial charge in [-0.15, -0.1) is 0 Å². The van der Waals surface area contributed by atoms with E-state index >= 15 is 0 Å². The molecule has 188 valence electrons. The zero-order valence-electron chi connectivity index (χ0n) is 21.0. The lowest BCUT2D eigenvalue weighted by Crippen LogP contribution is -2.34. The number of carbonyl (C=O) groups is 1. The molecule has 1 aliphatic heterocycles. The van der Waals surface area contributed by atoms with Crippen molar-refractivity contribution in [1.29, 1.82) is 0 Å². The average molecular weight is 502 g/mol. The first-order valence-corrected chi connectivity index (χ1v) is 12.6. The Balaban J connectivity index is 1.23. The summed E-state index contributed by atoms with van der Waals surface area (Å²) >= 11 is 0. The molecule has 1 aromatic heterocycles. The van der Waals surface area contributed by atoms with Gasteiger partial charge in [-0.3, -0.25) is 4.79 Å². The number of carbonyl (C=O) groups excluding carboxylic acids is 1. The van der Waals surface area contributed by atoms with E-state index in [2.05, 4.69) is 51.0 Å². The maximum absolute atomic E-state index is 13.4. The number of anilines is 1. The smallest absolute Gasteiger partial charge is 0.251 e. The molecule has 1 amide bonds. The van der Waals surface area contributed by atoms with Crippen molar-refractivity contribution in [2.45, 2.75) is 26.1 Å². The Bertz CT molecular complexity index is 1620. The van der Waals surface area contributed by atoms with Crippen LogP contribution in [0.3, 0.4) is 0 Å². The minimum absolute atomic E-state index is 0.152. The lowest BCUT2D eigenvalue weighted by atomic mass is 9.95. The number of nitrogens with zero attached hydrogens (tertiary/aromatic N) is 3. The highest BCUT2D eigenvalue weighted by molar-refractivity contribution is 5.96. The van der Waals surface area contributed by atoms with Crippen molar-refractivity contribution in [2.24, 2.45) is 0 Å². The van der Waals surface area contributed by atoms with Gasteiger partial charge >= 0.3 is 0 Å². The van der Waals surface area contributed by atoms with Crippen LogP contribution >= 0.6 is 0 Å². The molecule has 0 fully saturated rings. The molecule has 5 aromatic rings. The normalized spacial score (nSPS) is 14.6. The summed E-state index contributed by atoms with van der Waals surface area (Å²) < 4.78 is 7.89. The summed E-state index contributed by atoms with van der Waals surface area (Å²) in [6.07, 6.45) is 1.50. The zero-order chi connectivity index (χ0) is 25.9. The second-order valence-corrected chi connectivity index (χ2v) is 9.26. The zero-order valence-corrected chi connectivity index (χ0v) is 21.0. The largest absolute Gasteiger partial charge is 0.489 e. The van der Waals surface area contributed by atoms with Crippen LogP contribution in [0.5, 0.6) is 5.75 Å². The van der Waals surface area contributed by atoms with E-state index < -0.39 is 6.04 Å². The third kappa shape index (κ3) is 4.62. The molecule has 0 spiro atoms. The Morgan fingerprint density at radius 1 is 0.947 bits per heavy atom. The van der Waals surface area contributed by atoms with Crippen molar-refractivity contribution in [1.82, 2.24) is 20.1 Å². The number of aromatic nitrogens is 3. The summed E-state index contributed by atoms with van der Waals surface area (Å²) in [4.78, 5) is 17.8. The van der Waals surface area contributed by atoms with Crippen molar-refractivity contribution in [2.75, 3.05) is 5.32 Å². The van der Waals surface area contributed by atoms with Gasteiger partial charge in [-0.05, 0) is 46.5 Å². The number of fused-ring (bicyclic) bond motifs is 2. The molecule has 6 rings (SSSR count). The number of rotatable bonds is 7. The Morgan fingerprint density at radius 3 is 2.55 bits per heavy atom. The Kier molecular flexibility index (Phi) is 6.32. The van der Waals surface area contributed by atoms with Crippen LogP contribution in [0.1, 0.15) is 29.7 Å². The van der Waals surface area contributed by atoms with Crippen LogP contribution in [-0.4, -0.2) is 20.7 Å². The second kappa shape index (κ2) is 10.2. The van der Waals surface area contributed by atoms with Crippen molar-refractivity contribution in [3.8, 4) is 5.75 Å². The predicted molar refractivity (Wildman–Crippen MR) is 147 cm³/mol. The van der Waals surface area contributed by atoms with Gasteiger partial charge in [0.25, 0.3) is 5.91 Å². The Labute approximate surface area is 220 Å². The van der Waals surface area contributed by atoms with E-state index in [0.29, 0.717) is 24.7 Å². The van der Waals surface area contributed by atoms with Gasteiger partial charge in [-0.1, -0.05) is 84.9 Å². The monoisotopic (exact) mass is 501 g/mol. The molecule has 0 saturated carbocycles. The van der Waals surface area contributed by atoms with Gasteiger partial charge in [-0.2, -0.15) is 10.1 Å². The van der Waals surface area contributed by atoms with Crippen LogP contribution in [0.15, 0.2) is 115 Å². The lowest BCUT2D eigenvalue weighted by molar-refractivity contribution is -0.118. The van der Waals surface area contributed by atoms with Gasteiger partial charge in [-0.25, -0.2) is 4.68 Å². The molecule has 0 radical (unpaired) electrons. The van der Waals surface area contributed by atoms with E-state index in [1.165, 1.54) is 17.1 Å². The second-order valence-electron chi connectivity index (χ2n) is 9.26. The summed E-state index contributed by atoms with van der Waals surface area (Å²) in [5.74, 6) is 1.20. The number of ether oxygens (including phenoxy) is 1. The molecule has 1 atom stereocenters. The molecule has 4 aromatic carbocycles. The summed E-state index contributed by atoms with van der Waals surface area (Å²) in [6, 6.07) is 31.8. The molecule has 7 nitrogen and oxygen atoms in total. The summed E-state index contributed by atoms with van der Waals surface area (Å²) in [6.45, 7) is 2.80. The van der Waals surface area contributed by atoms with Gasteiger partial charge in [0.05, 0.1) is 5.57 Å². The molecular weight excluding hydrogens is 474 g/mol. The molecule has 0 bridgehead atoms. The molecule has 7 heteroatoms. The average Bonchev–Trinajstić information content (AvgIpc) is 3.43. The fraction of sp³-hybridized carbons (Fsp3) is 0.129. The fourth-order valence-corrected chi connectivity index (χ4v) is 4.89. The summed E-state index contributed by atoms with van der Waals surface area (Å²) in [7, 11) is 0. The number of hydrogen-bond acceptors (Lipinski definition) is 5. The molecule has 2 N–H and O–H groups in total. The molecule has 2 heterocycles. The van der Waals surface area contributed by atoms with Gasteiger partial charge < -0.3 is 15.4 Å². The van der Waals surface area contributed by atoms with Crippen molar-refractivity contribution in [3.05, 3.63) is 131 Å². The van der Waals surface area contributed by atoms with Crippen molar-refractivity contribution >= 4 is 22.6 Å². The SMILES string of the molecule is CC1=C(C(=O)NCc2ccccc2)C(c2ccc(OCc3cccc4ccccc34)cc2)n2ncnc2N1. The third-order valence-corrected chi connectivity index (χ3v) is 6.81. The maximum atomic E-state index is 13.4. The van der Waals surface area contributed by atoms with Crippen molar-refractivity contribution in [3.63, 3.8) is 0 Å². The molecule has 1 aliphatic rings. The van der Waals surface area contributed by atoms with E-state index in [1.54, 1.807) is 4.68 Å². The summed E-state index contributed by atoms with van der Waals surface area (Å²) in [5, 5.41) is 13.1. The van der Waals surface area contributed by atoms with E-state index in [4.69, 9.17) is 4.74 Å². The van der Waals surface area contributed by atoms with Crippen LogP contribution < -0.4 is 15.4 Å². The molecule has 38 heavy (non-hydrogen) atoms. The first kappa shape index (κ1) is 23.5.